The second kappa shape index (κ2) is 6.86. The lowest BCUT2D eigenvalue weighted by atomic mass is 10.2. The second-order valence-electron chi connectivity index (χ2n) is 4.57. The molecule has 0 saturated heterocycles. The summed E-state index contributed by atoms with van der Waals surface area (Å²) < 4.78 is 34.4. The maximum absolute atomic E-state index is 12.3. The molecule has 0 radical (unpaired) electrons. The number of halogens is 1. The molecule has 0 saturated carbocycles. The summed E-state index contributed by atoms with van der Waals surface area (Å²) in [4.78, 5) is 22.8. The van der Waals surface area contributed by atoms with E-state index in [0.29, 0.717) is 10.1 Å². The van der Waals surface area contributed by atoms with Crippen molar-refractivity contribution in [2.75, 3.05) is 20.0 Å². The first-order chi connectivity index (χ1) is 10.8. The van der Waals surface area contributed by atoms with Gasteiger partial charge in [0.1, 0.15) is 0 Å². The number of benzene rings is 1. The fourth-order valence-electron chi connectivity index (χ4n) is 1.95. The second-order valence-corrected chi connectivity index (χ2v) is 7.96. The van der Waals surface area contributed by atoms with Crippen molar-refractivity contribution in [3.63, 3.8) is 0 Å². The van der Waals surface area contributed by atoms with E-state index in [4.69, 9.17) is 11.6 Å². The molecule has 0 aliphatic heterocycles. The van der Waals surface area contributed by atoms with E-state index in [1.54, 1.807) is 5.38 Å². The van der Waals surface area contributed by atoms with Crippen LogP contribution in [0.5, 0.6) is 0 Å². The third kappa shape index (κ3) is 3.65. The smallest absolute Gasteiger partial charge is 0.339 e. The predicted molar refractivity (Wildman–Crippen MR) is 86.9 cm³/mol. The van der Waals surface area contributed by atoms with Crippen LogP contribution in [0, 0.1) is 0 Å². The largest absolute Gasteiger partial charge is 0.469 e. The molecule has 0 fully saturated rings. The summed E-state index contributed by atoms with van der Waals surface area (Å²) in [5.74, 6) is -1.60. The number of thiophene rings is 1. The Hall–Kier alpha value is -1.64. The van der Waals surface area contributed by atoms with Crippen LogP contribution in [-0.2, 0) is 24.1 Å². The highest BCUT2D eigenvalue weighted by Gasteiger charge is 2.22. The van der Waals surface area contributed by atoms with Crippen LogP contribution in [-0.4, -0.2) is 40.3 Å². The average molecular weight is 377 g/mol. The van der Waals surface area contributed by atoms with Gasteiger partial charge in [-0.25, -0.2) is 13.2 Å². The third-order valence-corrected chi connectivity index (χ3v) is 6.30. The van der Waals surface area contributed by atoms with Crippen LogP contribution in [0.3, 0.4) is 0 Å². The summed E-state index contributed by atoms with van der Waals surface area (Å²) in [6, 6.07) is 2.69. The van der Waals surface area contributed by atoms with Crippen molar-refractivity contribution < 1.29 is 27.5 Å². The topological polar surface area (TPSA) is 86.7 Å². The molecule has 0 amide bonds. The maximum Gasteiger partial charge on any atom is 0.339 e. The van der Waals surface area contributed by atoms with Gasteiger partial charge in [-0.15, -0.1) is 11.3 Å². The molecule has 124 valence electrons. The number of carbonyl (C=O) groups is 2. The predicted octanol–water partition coefficient (Wildman–Crippen LogP) is 2.68. The van der Waals surface area contributed by atoms with Gasteiger partial charge >= 0.3 is 11.9 Å². The van der Waals surface area contributed by atoms with E-state index in [1.807, 2.05) is 0 Å². The molecule has 6 nitrogen and oxygen atoms in total. The minimum atomic E-state index is -3.74. The van der Waals surface area contributed by atoms with E-state index in [0.717, 1.165) is 0 Å². The molecule has 1 aromatic carbocycles. The highest BCUT2D eigenvalue weighted by molar-refractivity contribution is 7.91. The summed E-state index contributed by atoms with van der Waals surface area (Å²) >= 11 is 7.35. The highest BCUT2D eigenvalue weighted by Crippen LogP contribution is 2.35. The molecular formula is C14H13ClO6S2. The molecule has 2 rings (SSSR count). The van der Waals surface area contributed by atoms with E-state index in [-0.39, 0.29) is 21.9 Å². The first-order valence-corrected chi connectivity index (χ1v) is 9.29. The Morgan fingerprint density at radius 3 is 2.52 bits per heavy atom. The number of carbonyl (C=O) groups excluding carboxylic acids is 2. The molecule has 0 unspecified atom stereocenters. The first-order valence-electron chi connectivity index (χ1n) is 6.38. The van der Waals surface area contributed by atoms with Gasteiger partial charge < -0.3 is 9.47 Å². The zero-order valence-corrected chi connectivity index (χ0v) is 14.7. The Kier molecular flexibility index (Phi) is 5.28. The normalized spacial score (nSPS) is 11.4. The van der Waals surface area contributed by atoms with Crippen molar-refractivity contribution in [3.05, 3.63) is 28.1 Å². The number of esters is 2. The molecule has 0 atom stereocenters. The van der Waals surface area contributed by atoms with Gasteiger partial charge in [0.25, 0.3) is 0 Å². The molecule has 0 N–H and O–H groups in total. The van der Waals surface area contributed by atoms with E-state index >= 15 is 0 Å². The summed E-state index contributed by atoms with van der Waals surface area (Å²) in [5, 5.41) is 2.19. The standard InChI is InChI=1S/C14H13ClO6S2/c1-20-12(16)3-4-23(18,19)8-5-9-10(14(17)21-2)7-22-13(9)11(15)6-8/h5-7H,3-4H2,1-2H3. The summed E-state index contributed by atoms with van der Waals surface area (Å²) in [6.07, 6.45) is -0.262. The van der Waals surface area contributed by atoms with Gasteiger partial charge in [0.15, 0.2) is 9.84 Å². The van der Waals surface area contributed by atoms with E-state index < -0.39 is 27.5 Å². The van der Waals surface area contributed by atoms with Crippen molar-refractivity contribution in [1.29, 1.82) is 0 Å². The number of fused-ring (bicyclic) bond motifs is 1. The van der Waals surface area contributed by atoms with Crippen LogP contribution in [0.2, 0.25) is 5.02 Å². The molecule has 0 spiro atoms. The lowest BCUT2D eigenvalue weighted by Gasteiger charge is -2.06. The van der Waals surface area contributed by atoms with Gasteiger partial charge in [0.2, 0.25) is 0 Å². The van der Waals surface area contributed by atoms with Crippen LogP contribution in [0.1, 0.15) is 16.8 Å². The maximum atomic E-state index is 12.3. The summed E-state index contributed by atoms with van der Waals surface area (Å²) in [7, 11) is -1.31. The zero-order valence-electron chi connectivity index (χ0n) is 12.3. The fourth-order valence-corrected chi connectivity index (χ4v) is 4.56. The number of rotatable bonds is 5. The first kappa shape index (κ1) is 17.7. The van der Waals surface area contributed by atoms with Crippen molar-refractivity contribution in [2.24, 2.45) is 0 Å². The molecule has 0 bridgehead atoms. The molecule has 2 aromatic rings. The van der Waals surface area contributed by atoms with E-state index in [2.05, 4.69) is 9.47 Å². The molecule has 0 aliphatic carbocycles. The number of sulfone groups is 1. The van der Waals surface area contributed by atoms with Crippen molar-refractivity contribution in [3.8, 4) is 0 Å². The lowest BCUT2D eigenvalue weighted by molar-refractivity contribution is -0.140. The SMILES string of the molecule is COC(=O)CCS(=O)(=O)c1cc(Cl)c2scc(C(=O)OC)c2c1. The van der Waals surface area contributed by atoms with Gasteiger partial charge in [-0.05, 0) is 12.1 Å². The van der Waals surface area contributed by atoms with Gasteiger partial charge in [-0.1, -0.05) is 11.6 Å². The molecule has 1 aromatic heterocycles. The minimum absolute atomic E-state index is 0.0533. The third-order valence-electron chi connectivity index (χ3n) is 3.17. The van der Waals surface area contributed by atoms with Gasteiger partial charge in [0, 0.05) is 10.8 Å². The number of methoxy groups -OCH3 is 2. The Balaban J connectivity index is 2.49. The highest BCUT2D eigenvalue weighted by atomic mass is 35.5. The summed E-state index contributed by atoms with van der Waals surface area (Å²) in [5.41, 5.74) is 0.249. The number of ether oxygens (including phenoxy) is 2. The Morgan fingerprint density at radius 2 is 1.91 bits per heavy atom. The van der Waals surface area contributed by atoms with E-state index in [1.165, 1.54) is 37.7 Å². The van der Waals surface area contributed by atoms with Crippen molar-refractivity contribution in [1.82, 2.24) is 0 Å². The number of hydrogen-bond acceptors (Lipinski definition) is 7. The molecule has 1 heterocycles. The van der Waals surface area contributed by atoms with Crippen LogP contribution in [0.25, 0.3) is 10.1 Å². The zero-order chi connectivity index (χ0) is 17.2. The lowest BCUT2D eigenvalue weighted by Crippen LogP contribution is -2.12. The Labute approximate surface area is 141 Å². The Morgan fingerprint density at radius 1 is 1.22 bits per heavy atom. The van der Waals surface area contributed by atoms with Crippen molar-refractivity contribution in [2.45, 2.75) is 11.3 Å². The molecule has 0 aliphatic rings. The molecule has 9 heteroatoms. The molecule has 23 heavy (non-hydrogen) atoms. The van der Waals surface area contributed by atoms with Crippen LogP contribution in [0.4, 0.5) is 0 Å². The molecular weight excluding hydrogens is 364 g/mol. The van der Waals surface area contributed by atoms with Crippen molar-refractivity contribution >= 4 is 54.8 Å². The van der Waals surface area contributed by atoms with Gasteiger partial charge in [-0.3, -0.25) is 4.79 Å². The Bertz CT molecular complexity index is 869. The van der Waals surface area contributed by atoms with Crippen LogP contribution in [0.15, 0.2) is 22.4 Å². The van der Waals surface area contributed by atoms with Crippen LogP contribution >= 0.6 is 22.9 Å². The van der Waals surface area contributed by atoms with Gasteiger partial charge in [0.05, 0.1) is 46.6 Å². The van der Waals surface area contributed by atoms with Gasteiger partial charge in [-0.2, -0.15) is 0 Å². The quantitative estimate of drug-likeness (QED) is 0.745. The minimum Gasteiger partial charge on any atom is -0.469 e. The fraction of sp³-hybridized carbons (Fsp3) is 0.286. The number of hydrogen-bond donors (Lipinski definition) is 0. The monoisotopic (exact) mass is 376 g/mol. The average Bonchev–Trinajstić information content (AvgIpc) is 2.96. The summed E-state index contributed by atoms with van der Waals surface area (Å²) in [6.45, 7) is 0. The van der Waals surface area contributed by atoms with E-state index in [9.17, 15) is 18.0 Å². The van der Waals surface area contributed by atoms with Crippen LogP contribution < -0.4 is 0 Å².